The summed E-state index contributed by atoms with van der Waals surface area (Å²) in [5.41, 5.74) is 2.58. The molecule has 1 aliphatic heterocycles. The van der Waals surface area contributed by atoms with Crippen molar-refractivity contribution in [3.8, 4) is 0 Å². The number of aryl methyl sites for hydroxylation is 1. The molecule has 2 rings (SSSR count). The summed E-state index contributed by atoms with van der Waals surface area (Å²) in [6.45, 7) is 5.84. The fourth-order valence-corrected chi connectivity index (χ4v) is 3.24. The molecule has 0 radical (unpaired) electrons. The van der Waals surface area contributed by atoms with E-state index in [1.54, 1.807) is 7.11 Å². The van der Waals surface area contributed by atoms with Gasteiger partial charge in [0.15, 0.2) is 5.96 Å². The van der Waals surface area contributed by atoms with Crippen molar-refractivity contribution >= 4 is 45.9 Å². The third-order valence-electron chi connectivity index (χ3n) is 3.94. The summed E-state index contributed by atoms with van der Waals surface area (Å²) in [7, 11) is 3.62. The summed E-state index contributed by atoms with van der Waals surface area (Å²) in [4.78, 5) is 6.73. The minimum Gasteiger partial charge on any atom is -0.384 e. The highest BCUT2D eigenvalue weighted by molar-refractivity contribution is 14.0. The minimum atomic E-state index is 0. The molecule has 1 unspecified atom stereocenters. The summed E-state index contributed by atoms with van der Waals surface area (Å²) >= 11 is 3.50. The van der Waals surface area contributed by atoms with E-state index in [-0.39, 0.29) is 24.0 Å². The van der Waals surface area contributed by atoms with E-state index >= 15 is 0 Å². The van der Waals surface area contributed by atoms with Crippen molar-refractivity contribution < 1.29 is 4.74 Å². The van der Waals surface area contributed by atoms with Gasteiger partial charge in [0.05, 0.1) is 6.61 Å². The van der Waals surface area contributed by atoms with Gasteiger partial charge in [0.25, 0.3) is 0 Å². The van der Waals surface area contributed by atoms with E-state index in [1.165, 1.54) is 17.5 Å². The number of nitrogens with one attached hydrogen (secondary N) is 1. The van der Waals surface area contributed by atoms with Gasteiger partial charge in [0.2, 0.25) is 0 Å². The molecule has 22 heavy (non-hydrogen) atoms. The average Bonchev–Trinajstić information content (AvgIpc) is 2.90. The van der Waals surface area contributed by atoms with Crippen molar-refractivity contribution in [1.82, 2.24) is 10.2 Å². The van der Waals surface area contributed by atoms with Crippen LogP contribution < -0.4 is 5.32 Å². The minimum absolute atomic E-state index is 0. The van der Waals surface area contributed by atoms with Gasteiger partial charge in [-0.15, -0.1) is 24.0 Å². The van der Waals surface area contributed by atoms with Gasteiger partial charge >= 0.3 is 0 Å². The largest absolute Gasteiger partial charge is 0.384 e. The molecule has 0 aliphatic carbocycles. The van der Waals surface area contributed by atoms with Crippen LogP contribution in [-0.2, 0) is 11.3 Å². The maximum atomic E-state index is 5.25. The Kier molecular flexibility index (Phi) is 8.71. The summed E-state index contributed by atoms with van der Waals surface area (Å²) in [6, 6.07) is 6.37. The maximum absolute atomic E-state index is 5.25. The smallest absolute Gasteiger partial charge is 0.193 e. The van der Waals surface area contributed by atoms with Gasteiger partial charge in [-0.05, 0) is 36.6 Å². The summed E-state index contributed by atoms with van der Waals surface area (Å²) in [5.74, 6) is 1.60. The van der Waals surface area contributed by atoms with Crippen LogP contribution in [0, 0.1) is 12.8 Å². The van der Waals surface area contributed by atoms with E-state index in [2.05, 4.69) is 56.3 Å². The molecule has 1 N–H and O–H groups in total. The second-order valence-electron chi connectivity index (χ2n) is 5.53. The first-order chi connectivity index (χ1) is 10.1. The number of hydrogen-bond donors (Lipinski definition) is 1. The quantitative estimate of drug-likeness (QED) is 0.406. The molecule has 1 atom stereocenters. The van der Waals surface area contributed by atoms with Crippen LogP contribution >= 0.6 is 39.9 Å². The second-order valence-corrected chi connectivity index (χ2v) is 6.44. The van der Waals surface area contributed by atoms with Crippen molar-refractivity contribution in [3.63, 3.8) is 0 Å². The number of ether oxygens (including phenoxy) is 1. The Bertz CT molecular complexity index is 510. The zero-order chi connectivity index (χ0) is 15.2. The molecule has 1 heterocycles. The van der Waals surface area contributed by atoms with Crippen LogP contribution in [0.2, 0.25) is 0 Å². The topological polar surface area (TPSA) is 36.9 Å². The monoisotopic (exact) mass is 481 g/mol. The molecule has 4 nitrogen and oxygen atoms in total. The van der Waals surface area contributed by atoms with Crippen molar-refractivity contribution in [2.75, 3.05) is 33.9 Å². The number of benzene rings is 1. The fourth-order valence-electron chi connectivity index (χ4n) is 2.76. The molecule has 0 aromatic heterocycles. The molecule has 0 bridgehead atoms. The highest BCUT2D eigenvalue weighted by atomic mass is 127. The Hall–Kier alpha value is -0.340. The van der Waals surface area contributed by atoms with Gasteiger partial charge in [0, 0.05) is 44.2 Å². The molecule has 1 aromatic carbocycles. The number of halogens is 2. The Labute approximate surface area is 158 Å². The standard InChI is InChI=1S/C16H24BrN3O.HI/c1-12-8-15(17)5-4-14(12)9-19-16(18-2)20-7-6-13(10-20)11-21-3;/h4-5,8,13H,6-7,9-11H2,1-3H3,(H,18,19);1H. The fraction of sp³-hybridized carbons (Fsp3) is 0.562. The maximum Gasteiger partial charge on any atom is 0.193 e. The highest BCUT2D eigenvalue weighted by Crippen LogP contribution is 2.18. The van der Waals surface area contributed by atoms with Crippen molar-refractivity contribution in [2.24, 2.45) is 10.9 Å². The molecule has 0 amide bonds. The third kappa shape index (κ3) is 5.38. The molecule has 1 aromatic rings. The normalized spacial score (nSPS) is 18.3. The van der Waals surface area contributed by atoms with Gasteiger partial charge in [-0.3, -0.25) is 4.99 Å². The molecule has 0 saturated carbocycles. The molecule has 6 heteroatoms. The number of likely N-dealkylation sites (tertiary alicyclic amines) is 1. The van der Waals surface area contributed by atoms with Gasteiger partial charge in [-0.1, -0.05) is 22.0 Å². The first kappa shape index (κ1) is 19.7. The van der Waals surface area contributed by atoms with E-state index in [0.717, 1.165) is 36.7 Å². The first-order valence-corrected chi connectivity index (χ1v) is 8.13. The number of hydrogen-bond acceptors (Lipinski definition) is 2. The highest BCUT2D eigenvalue weighted by Gasteiger charge is 2.24. The van der Waals surface area contributed by atoms with Gasteiger partial charge in [0.1, 0.15) is 0 Å². The summed E-state index contributed by atoms with van der Waals surface area (Å²) in [6.07, 6.45) is 1.17. The van der Waals surface area contributed by atoms with E-state index in [0.29, 0.717) is 5.92 Å². The Morgan fingerprint density at radius 2 is 2.27 bits per heavy atom. The molecular formula is C16H25BrIN3O. The van der Waals surface area contributed by atoms with Crippen LogP contribution in [0.4, 0.5) is 0 Å². The zero-order valence-corrected chi connectivity index (χ0v) is 17.4. The Morgan fingerprint density at radius 1 is 1.50 bits per heavy atom. The van der Waals surface area contributed by atoms with Crippen LogP contribution in [0.15, 0.2) is 27.7 Å². The predicted octanol–water partition coefficient (Wildman–Crippen LogP) is 3.42. The lowest BCUT2D eigenvalue weighted by Gasteiger charge is -2.22. The molecule has 1 saturated heterocycles. The lowest BCUT2D eigenvalue weighted by atomic mass is 10.1. The van der Waals surface area contributed by atoms with E-state index < -0.39 is 0 Å². The van der Waals surface area contributed by atoms with Crippen molar-refractivity contribution in [3.05, 3.63) is 33.8 Å². The molecule has 1 fully saturated rings. The van der Waals surface area contributed by atoms with Crippen LogP contribution in [-0.4, -0.2) is 44.7 Å². The first-order valence-electron chi connectivity index (χ1n) is 7.33. The molecule has 1 aliphatic rings. The van der Waals surface area contributed by atoms with E-state index in [4.69, 9.17) is 4.74 Å². The van der Waals surface area contributed by atoms with Crippen LogP contribution in [0.25, 0.3) is 0 Å². The Morgan fingerprint density at radius 3 is 2.91 bits per heavy atom. The van der Waals surface area contributed by atoms with Crippen molar-refractivity contribution in [2.45, 2.75) is 19.9 Å². The summed E-state index contributed by atoms with van der Waals surface area (Å²) in [5, 5.41) is 3.47. The van der Waals surface area contributed by atoms with Crippen LogP contribution in [0.1, 0.15) is 17.5 Å². The number of nitrogens with zero attached hydrogens (tertiary/aromatic N) is 2. The van der Waals surface area contributed by atoms with Gasteiger partial charge < -0.3 is 15.0 Å². The molecular weight excluding hydrogens is 457 g/mol. The zero-order valence-electron chi connectivity index (χ0n) is 13.4. The average molecular weight is 482 g/mol. The number of rotatable bonds is 4. The van der Waals surface area contributed by atoms with Gasteiger partial charge in [-0.2, -0.15) is 0 Å². The Balaban J connectivity index is 0.00000242. The molecule has 0 spiro atoms. The second kappa shape index (κ2) is 9.72. The molecule has 124 valence electrons. The SMILES string of the molecule is CN=C(NCc1ccc(Br)cc1C)N1CCC(COC)C1.I. The van der Waals surface area contributed by atoms with Crippen LogP contribution in [0.5, 0.6) is 0 Å². The van der Waals surface area contributed by atoms with Crippen molar-refractivity contribution in [1.29, 1.82) is 0 Å². The predicted molar refractivity (Wildman–Crippen MR) is 106 cm³/mol. The van der Waals surface area contributed by atoms with Gasteiger partial charge in [-0.25, -0.2) is 0 Å². The number of methoxy groups -OCH3 is 1. The lowest BCUT2D eigenvalue weighted by Crippen LogP contribution is -2.40. The lowest BCUT2D eigenvalue weighted by molar-refractivity contribution is 0.157. The van der Waals surface area contributed by atoms with Crippen LogP contribution in [0.3, 0.4) is 0 Å². The van der Waals surface area contributed by atoms with E-state index in [1.807, 2.05) is 7.05 Å². The number of guanidine groups is 1. The third-order valence-corrected chi connectivity index (χ3v) is 4.43. The van der Waals surface area contributed by atoms with E-state index in [9.17, 15) is 0 Å². The summed E-state index contributed by atoms with van der Waals surface area (Å²) < 4.78 is 6.37. The number of aliphatic imine (C=N–C) groups is 1.